The molecule has 3 aromatic carbocycles. The molecule has 2 aliphatic rings. The van der Waals surface area contributed by atoms with Gasteiger partial charge in [-0.25, -0.2) is 0 Å². The van der Waals surface area contributed by atoms with Gasteiger partial charge >= 0.3 is 0 Å². The summed E-state index contributed by atoms with van der Waals surface area (Å²) in [5.74, 6) is 3.34. The van der Waals surface area contributed by atoms with Gasteiger partial charge in [0.1, 0.15) is 17.2 Å². The Balaban J connectivity index is 0.000000320. The van der Waals surface area contributed by atoms with Crippen molar-refractivity contribution in [1.82, 2.24) is 4.98 Å². The van der Waals surface area contributed by atoms with Crippen LogP contribution in [0.3, 0.4) is 0 Å². The van der Waals surface area contributed by atoms with E-state index in [4.69, 9.17) is 14.6 Å². The predicted molar refractivity (Wildman–Crippen MR) is 133 cm³/mol. The van der Waals surface area contributed by atoms with Crippen molar-refractivity contribution in [3.05, 3.63) is 96.9 Å². The van der Waals surface area contributed by atoms with E-state index in [-0.39, 0.29) is 38.4 Å². The maximum Gasteiger partial charge on any atom is 0.241 e. The van der Waals surface area contributed by atoms with Gasteiger partial charge in [-0.3, -0.25) is 4.79 Å². The third kappa shape index (κ3) is 4.79. The van der Waals surface area contributed by atoms with E-state index in [1.165, 1.54) is 19.9 Å². The van der Waals surface area contributed by atoms with E-state index in [0.717, 1.165) is 50.6 Å². The Morgan fingerprint density at radius 3 is 2.31 bits per heavy atom. The number of aliphatic hydroxyl groups excluding tert-OH is 1. The molecule has 2 aliphatic heterocycles. The van der Waals surface area contributed by atoms with Crippen LogP contribution in [0.15, 0.2) is 90.8 Å². The number of carbonyl (C=O) groups excluding carboxylic acids is 1. The van der Waals surface area contributed by atoms with Crippen LogP contribution in [0, 0.1) is 6.07 Å². The van der Waals surface area contributed by atoms with E-state index < -0.39 is 0 Å². The molecule has 7 heteroatoms. The fraction of sp³-hybridized carbons (Fsp3) is 0.0714. The first-order valence-corrected chi connectivity index (χ1v) is 10.9. The molecule has 6 rings (SSSR count). The smallest absolute Gasteiger partial charge is 0.241 e. The Hall–Kier alpha value is -3.67. The standard InChI is InChI=1S/C23H13BNO2.C5H8O2.Ir/c1-2-11-19-16(8-1)24-17-9-5-7-15(18-10-3-4-14-25-18)23(17)27-21-13-6-12-20(26-19)22(21)24;1-4(6)3-5(2)7;/h1-6,8-14H;3,6H,1-2H3;/q-1;;/b;4-3-;. The molecule has 0 spiro atoms. The molecular weight excluding hydrogens is 617 g/mol. The minimum atomic E-state index is -0.125. The minimum Gasteiger partial charge on any atom is -0.512 e. The summed E-state index contributed by atoms with van der Waals surface area (Å²) >= 11 is 0. The van der Waals surface area contributed by atoms with E-state index in [9.17, 15) is 4.79 Å². The Bertz CT molecular complexity index is 1420. The molecule has 0 aliphatic carbocycles. The molecule has 0 bridgehead atoms. The van der Waals surface area contributed by atoms with Gasteiger partial charge in [0.05, 0.1) is 5.76 Å². The second-order valence-electron chi connectivity index (χ2n) is 8.09. The maximum atomic E-state index is 10.0. The second-order valence-corrected chi connectivity index (χ2v) is 8.09. The van der Waals surface area contributed by atoms with Crippen LogP contribution in [0.4, 0.5) is 0 Å². The quantitative estimate of drug-likeness (QED) is 0.133. The number of nitrogens with zero attached hydrogens (tertiary/aromatic N) is 1. The molecule has 0 atom stereocenters. The van der Waals surface area contributed by atoms with Crippen molar-refractivity contribution in [2.45, 2.75) is 13.8 Å². The summed E-state index contributed by atoms with van der Waals surface area (Å²) in [7, 11) is 0. The van der Waals surface area contributed by atoms with Crippen LogP contribution >= 0.6 is 0 Å². The van der Waals surface area contributed by atoms with Crippen molar-refractivity contribution in [1.29, 1.82) is 0 Å². The number of aliphatic hydroxyl groups is 1. The van der Waals surface area contributed by atoms with E-state index in [0.29, 0.717) is 0 Å². The van der Waals surface area contributed by atoms with Crippen molar-refractivity contribution in [2.75, 3.05) is 0 Å². The molecule has 0 amide bonds. The summed E-state index contributed by atoms with van der Waals surface area (Å²) in [6.07, 6.45) is 2.96. The number of ether oxygens (including phenoxy) is 2. The van der Waals surface area contributed by atoms with Crippen LogP contribution in [0.2, 0.25) is 0 Å². The third-order valence-electron chi connectivity index (χ3n) is 5.60. The number of aromatic nitrogens is 1. The third-order valence-corrected chi connectivity index (χ3v) is 5.60. The van der Waals surface area contributed by atoms with E-state index in [1.54, 1.807) is 6.20 Å². The molecule has 1 radical (unpaired) electrons. The average molecular weight is 639 g/mol. The Kier molecular flexibility index (Phi) is 7.20. The minimum absolute atomic E-state index is 0. The molecule has 175 valence electrons. The van der Waals surface area contributed by atoms with Gasteiger partial charge in [0, 0.05) is 43.6 Å². The number of hydrogen-bond acceptors (Lipinski definition) is 5. The molecule has 5 nitrogen and oxygen atoms in total. The van der Waals surface area contributed by atoms with Crippen LogP contribution in [-0.4, -0.2) is 22.6 Å². The maximum absolute atomic E-state index is 10.0. The number of hydrogen-bond donors (Lipinski definition) is 1. The zero-order valence-electron chi connectivity index (χ0n) is 19.1. The van der Waals surface area contributed by atoms with Crippen molar-refractivity contribution in [2.24, 2.45) is 0 Å². The molecule has 0 saturated carbocycles. The molecule has 0 saturated heterocycles. The first-order chi connectivity index (χ1) is 16.5. The Morgan fingerprint density at radius 2 is 1.63 bits per heavy atom. The van der Waals surface area contributed by atoms with Crippen LogP contribution in [0.25, 0.3) is 11.3 Å². The number of para-hydroxylation sites is 1. The summed E-state index contributed by atoms with van der Waals surface area (Å²) < 4.78 is 12.5. The largest absolute Gasteiger partial charge is 0.512 e. The molecule has 35 heavy (non-hydrogen) atoms. The predicted octanol–water partition coefficient (Wildman–Crippen LogP) is 4.31. The first-order valence-electron chi connectivity index (χ1n) is 10.9. The van der Waals surface area contributed by atoms with Gasteiger partial charge in [0.25, 0.3) is 0 Å². The number of benzene rings is 3. The summed E-state index contributed by atoms with van der Waals surface area (Å²) in [5, 5.41) is 8.36. The zero-order chi connectivity index (χ0) is 23.7. The topological polar surface area (TPSA) is 68.7 Å². The van der Waals surface area contributed by atoms with Crippen LogP contribution in [0.5, 0.6) is 23.0 Å². The number of ketones is 1. The van der Waals surface area contributed by atoms with E-state index >= 15 is 0 Å². The molecule has 3 heterocycles. The SMILES string of the molecule is CC(=O)/C=C(/C)O.[Ir].[c-]1ccc2c(c1-c1ccccn1)Oc1cccc3c1B2c1ccccc1O3. The van der Waals surface area contributed by atoms with E-state index in [1.807, 2.05) is 54.6 Å². The number of rotatable bonds is 2. The molecular formula is C28H21BIrNO4-. The van der Waals surface area contributed by atoms with Crippen molar-refractivity contribution >= 4 is 28.9 Å². The van der Waals surface area contributed by atoms with Crippen molar-refractivity contribution in [3.8, 4) is 34.3 Å². The Labute approximate surface area is 217 Å². The first kappa shape index (κ1) is 24.5. The summed E-state index contributed by atoms with van der Waals surface area (Å²) in [6, 6.07) is 27.4. The monoisotopic (exact) mass is 639 g/mol. The van der Waals surface area contributed by atoms with Crippen LogP contribution < -0.4 is 25.9 Å². The number of fused-ring (bicyclic) bond motifs is 4. The molecule has 0 fully saturated rings. The summed E-state index contributed by atoms with van der Waals surface area (Å²) in [6.45, 7) is 2.92. The summed E-state index contributed by atoms with van der Waals surface area (Å²) in [4.78, 5) is 14.5. The molecule has 1 N–H and O–H groups in total. The fourth-order valence-corrected chi connectivity index (χ4v) is 4.34. The van der Waals surface area contributed by atoms with Gasteiger partial charge in [0.2, 0.25) is 6.71 Å². The number of pyridine rings is 1. The Morgan fingerprint density at radius 1 is 0.914 bits per heavy atom. The number of carbonyl (C=O) groups is 1. The van der Waals surface area contributed by atoms with Gasteiger partial charge in [0.15, 0.2) is 5.78 Å². The molecule has 4 aromatic rings. The van der Waals surface area contributed by atoms with Gasteiger partial charge < -0.3 is 19.6 Å². The van der Waals surface area contributed by atoms with Gasteiger partial charge in [-0.2, -0.15) is 0 Å². The van der Waals surface area contributed by atoms with E-state index in [2.05, 4.69) is 29.2 Å². The average Bonchev–Trinajstić information content (AvgIpc) is 2.83. The van der Waals surface area contributed by atoms with Crippen LogP contribution in [0.1, 0.15) is 13.8 Å². The zero-order valence-corrected chi connectivity index (χ0v) is 21.5. The molecule has 0 unspecified atom stereocenters. The number of allylic oxidation sites excluding steroid dienone is 2. The van der Waals surface area contributed by atoms with Crippen LogP contribution in [-0.2, 0) is 24.9 Å². The normalized spacial score (nSPS) is 12.3. The molecule has 1 aromatic heterocycles. The fourth-order valence-electron chi connectivity index (χ4n) is 4.34. The summed E-state index contributed by atoms with van der Waals surface area (Å²) in [5.41, 5.74) is 5.09. The van der Waals surface area contributed by atoms with Gasteiger partial charge in [-0.05, 0) is 49.3 Å². The van der Waals surface area contributed by atoms with Gasteiger partial charge in [-0.1, -0.05) is 42.0 Å². The van der Waals surface area contributed by atoms with Crippen molar-refractivity contribution in [3.63, 3.8) is 0 Å². The van der Waals surface area contributed by atoms with Crippen molar-refractivity contribution < 1.29 is 39.5 Å². The second kappa shape index (κ2) is 10.3. The van der Waals surface area contributed by atoms with Gasteiger partial charge in [-0.15, -0.1) is 23.7 Å².